The third-order valence-corrected chi connectivity index (χ3v) is 4.85. The Balaban J connectivity index is 2.70. The molecule has 1 unspecified atom stereocenters. The van der Waals surface area contributed by atoms with Crippen molar-refractivity contribution in [3.8, 4) is 0 Å². The Morgan fingerprint density at radius 2 is 1.29 bits per heavy atom. The lowest BCUT2D eigenvalue weighted by Crippen LogP contribution is -2.11. The fourth-order valence-corrected chi connectivity index (χ4v) is 2.98. The van der Waals surface area contributed by atoms with Gasteiger partial charge in [0.15, 0.2) is 0 Å². The predicted octanol–water partition coefficient (Wildman–Crippen LogP) is 4.76. The van der Waals surface area contributed by atoms with Crippen molar-refractivity contribution in [2.24, 2.45) is 0 Å². The van der Waals surface area contributed by atoms with E-state index in [1.54, 1.807) is 25.1 Å². The highest BCUT2D eigenvalue weighted by Crippen LogP contribution is 2.34. The lowest BCUT2D eigenvalue weighted by atomic mass is 9.85. The number of aliphatic hydroxyl groups excluding tert-OH is 1. The van der Waals surface area contributed by atoms with E-state index in [4.69, 9.17) is 0 Å². The molecule has 0 saturated carbocycles. The van der Waals surface area contributed by atoms with Gasteiger partial charge in [-0.1, -0.05) is 18.2 Å². The first-order chi connectivity index (χ1) is 9.77. The highest BCUT2D eigenvalue weighted by molar-refractivity contribution is 5.52. The lowest BCUT2D eigenvalue weighted by Gasteiger charge is -2.23. The van der Waals surface area contributed by atoms with Crippen molar-refractivity contribution in [3.63, 3.8) is 0 Å². The monoisotopic (exact) mass is 286 g/mol. The molecule has 0 fully saturated rings. The molecule has 0 bridgehead atoms. The number of aliphatic hydroxyl groups is 1. The zero-order valence-corrected chi connectivity index (χ0v) is 13.6. The highest BCUT2D eigenvalue weighted by atomic mass is 19.1. The molecule has 2 heteroatoms. The van der Waals surface area contributed by atoms with Gasteiger partial charge in [0.2, 0.25) is 0 Å². The quantitative estimate of drug-likeness (QED) is 0.844. The van der Waals surface area contributed by atoms with Crippen molar-refractivity contribution in [1.29, 1.82) is 0 Å². The number of rotatable bonds is 2. The minimum atomic E-state index is -0.928. The van der Waals surface area contributed by atoms with Gasteiger partial charge in [0.1, 0.15) is 11.9 Å². The van der Waals surface area contributed by atoms with Crippen LogP contribution in [0.4, 0.5) is 4.39 Å². The number of hydrogen-bond acceptors (Lipinski definition) is 1. The van der Waals surface area contributed by atoms with Crippen molar-refractivity contribution in [3.05, 3.63) is 68.5 Å². The summed E-state index contributed by atoms with van der Waals surface area (Å²) in [5.74, 6) is -0.320. The van der Waals surface area contributed by atoms with E-state index in [0.29, 0.717) is 11.1 Å². The molecule has 0 saturated heterocycles. The summed E-state index contributed by atoms with van der Waals surface area (Å²) in [4.78, 5) is 0. The van der Waals surface area contributed by atoms with Gasteiger partial charge in [-0.25, -0.2) is 4.39 Å². The van der Waals surface area contributed by atoms with E-state index < -0.39 is 6.10 Å². The standard InChI is InChI=1S/C19H23FO/c1-10-8-7-9-16(18(10)20)19(21)17-14(5)12(3)11(2)13(4)15(17)6/h7-9,19,21H,1-6H3. The molecular weight excluding hydrogens is 263 g/mol. The lowest BCUT2D eigenvalue weighted by molar-refractivity contribution is 0.213. The van der Waals surface area contributed by atoms with E-state index in [2.05, 4.69) is 20.8 Å². The maximum atomic E-state index is 14.3. The molecular formula is C19H23FO. The molecule has 0 amide bonds. The van der Waals surface area contributed by atoms with E-state index in [9.17, 15) is 9.50 Å². The zero-order chi connectivity index (χ0) is 15.9. The van der Waals surface area contributed by atoms with Crippen LogP contribution in [0.5, 0.6) is 0 Å². The number of benzene rings is 2. The molecule has 112 valence electrons. The average molecular weight is 286 g/mol. The summed E-state index contributed by atoms with van der Waals surface area (Å²) < 4.78 is 14.3. The SMILES string of the molecule is Cc1cccc(C(O)c2c(C)c(C)c(C)c(C)c2C)c1F. The molecule has 1 nitrogen and oxygen atoms in total. The van der Waals surface area contributed by atoms with Crippen LogP contribution in [-0.2, 0) is 0 Å². The van der Waals surface area contributed by atoms with Crippen LogP contribution in [0.2, 0.25) is 0 Å². The second-order valence-corrected chi connectivity index (χ2v) is 5.92. The number of aryl methyl sites for hydroxylation is 1. The van der Waals surface area contributed by atoms with Crippen molar-refractivity contribution < 1.29 is 9.50 Å². The molecule has 0 aliphatic heterocycles. The first kappa shape index (κ1) is 15.7. The van der Waals surface area contributed by atoms with Gasteiger partial charge < -0.3 is 5.11 Å². The molecule has 0 heterocycles. The van der Waals surface area contributed by atoms with Crippen LogP contribution in [-0.4, -0.2) is 5.11 Å². The molecule has 0 spiro atoms. The van der Waals surface area contributed by atoms with Crippen molar-refractivity contribution in [2.45, 2.75) is 47.6 Å². The summed E-state index contributed by atoms with van der Waals surface area (Å²) in [5, 5.41) is 10.8. The Labute approximate surface area is 126 Å². The molecule has 21 heavy (non-hydrogen) atoms. The second kappa shape index (κ2) is 5.61. The number of halogens is 1. The van der Waals surface area contributed by atoms with Gasteiger partial charge in [0.25, 0.3) is 0 Å². The second-order valence-electron chi connectivity index (χ2n) is 5.92. The van der Waals surface area contributed by atoms with Crippen LogP contribution in [0.1, 0.15) is 50.6 Å². The van der Waals surface area contributed by atoms with Gasteiger partial charge in [-0.05, 0) is 80.5 Å². The van der Waals surface area contributed by atoms with Gasteiger partial charge in [-0.2, -0.15) is 0 Å². The zero-order valence-electron chi connectivity index (χ0n) is 13.6. The van der Waals surface area contributed by atoms with Crippen LogP contribution in [0.15, 0.2) is 18.2 Å². The van der Waals surface area contributed by atoms with Crippen LogP contribution < -0.4 is 0 Å². The molecule has 2 rings (SSSR count). The average Bonchev–Trinajstić information content (AvgIpc) is 2.46. The van der Waals surface area contributed by atoms with Gasteiger partial charge >= 0.3 is 0 Å². The van der Waals surface area contributed by atoms with Crippen LogP contribution in [0, 0.1) is 47.4 Å². The Hall–Kier alpha value is -1.67. The first-order valence-corrected chi connectivity index (χ1v) is 7.27. The van der Waals surface area contributed by atoms with Gasteiger partial charge in [-0.15, -0.1) is 0 Å². The topological polar surface area (TPSA) is 20.2 Å². The minimum absolute atomic E-state index is 0.320. The summed E-state index contributed by atoms with van der Waals surface area (Å²) in [6, 6.07) is 5.17. The fraction of sp³-hybridized carbons (Fsp3) is 0.368. The molecule has 2 aromatic carbocycles. The van der Waals surface area contributed by atoms with E-state index >= 15 is 0 Å². The minimum Gasteiger partial charge on any atom is -0.384 e. The van der Waals surface area contributed by atoms with Gasteiger partial charge in [0.05, 0.1) is 0 Å². The summed E-state index contributed by atoms with van der Waals surface area (Å²) in [7, 11) is 0. The van der Waals surface area contributed by atoms with E-state index in [1.807, 2.05) is 13.8 Å². The maximum Gasteiger partial charge on any atom is 0.132 e. The third-order valence-electron chi connectivity index (χ3n) is 4.85. The van der Waals surface area contributed by atoms with Crippen LogP contribution in [0.3, 0.4) is 0 Å². The smallest absolute Gasteiger partial charge is 0.132 e. The third kappa shape index (κ3) is 2.49. The summed E-state index contributed by atoms with van der Waals surface area (Å²) in [6.45, 7) is 11.9. The van der Waals surface area contributed by atoms with Gasteiger partial charge in [0, 0.05) is 5.56 Å². The van der Waals surface area contributed by atoms with Crippen molar-refractivity contribution >= 4 is 0 Å². The van der Waals surface area contributed by atoms with Gasteiger partial charge in [-0.3, -0.25) is 0 Å². The molecule has 0 aliphatic rings. The molecule has 0 aliphatic carbocycles. The van der Waals surface area contributed by atoms with Crippen LogP contribution >= 0.6 is 0 Å². The Morgan fingerprint density at radius 3 is 1.81 bits per heavy atom. The summed E-state index contributed by atoms with van der Waals surface area (Å²) in [5.41, 5.74) is 7.41. The number of hydrogen-bond donors (Lipinski definition) is 1. The van der Waals surface area contributed by atoms with E-state index in [-0.39, 0.29) is 5.82 Å². The molecule has 2 aromatic rings. The predicted molar refractivity (Wildman–Crippen MR) is 85.3 cm³/mol. The van der Waals surface area contributed by atoms with Crippen molar-refractivity contribution in [2.75, 3.05) is 0 Å². The largest absolute Gasteiger partial charge is 0.384 e. The van der Waals surface area contributed by atoms with E-state index in [1.165, 1.54) is 16.7 Å². The fourth-order valence-electron chi connectivity index (χ4n) is 2.98. The first-order valence-electron chi connectivity index (χ1n) is 7.27. The van der Waals surface area contributed by atoms with E-state index in [0.717, 1.165) is 16.7 Å². The van der Waals surface area contributed by atoms with Crippen molar-refractivity contribution in [1.82, 2.24) is 0 Å². The molecule has 1 atom stereocenters. The Bertz CT molecular complexity index is 672. The van der Waals surface area contributed by atoms with Crippen LogP contribution in [0.25, 0.3) is 0 Å². The summed E-state index contributed by atoms with van der Waals surface area (Å²) >= 11 is 0. The molecule has 0 radical (unpaired) electrons. The highest BCUT2D eigenvalue weighted by Gasteiger charge is 2.22. The maximum absolute atomic E-state index is 14.3. The Kier molecular flexibility index (Phi) is 4.20. The molecule has 1 N–H and O–H groups in total. The normalized spacial score (nSPS) is 12.6. The summed E-state index contributed by atoms with van der Waals surface area (Å²) in [6.07, 6.45) is -0.928. The molecule has 0 aromatic heterocycles. The Morgan fingerprint density at radius 1 is 0.810 bits per heavy atom.